The van der Waals surface area contributed by atoms with Gasteiger partial charge in [-0.1, -0.05) is 179 Å². The summed E-state index contributed by atoms with van der Waals surface area (Å²) >= 11 is 0. The Balaban J connectivity index is 1.20. The minimum Gasteiger partial charge on any atom is -0.497 e. The molecule has 2 heterocycles. The molecule has 1 saturated heterocycles. The minimum absolute atomic E-state index is 0.143. The molecule has 5 aromatic rings. The molecule has 4 aromatic carbocycles. The molecule has 0 saturated carbocycles. The van der Waals surface area contributed by atoms with E-state index in [1.54, 1.807) is 26.4 Å². The summed E-state index contributed by atoms with van der Waals surface area (Å²) in [5.41, 5.74) is 1.22. The molecule has 1 N–H and O–H groups in total. The van der Waals surface area contributed by atoms with Crippen LogP contribution in [-0.4, -0.2) is 74.2 Å². The first-order valence-corrected chi connectivity index (χ1v) is 31.0. The second-order valence-electron chi connectivity index (χ2n) is 22.3. The number of aryl methyl sites for hydroxylation is 1. The number of carbonyl (C=O) groups excluding carboxylic acids is 1. The van der Waals surface area contributed by atoms with Crippen LogP contribution >= 0.6 is 0 Å². The smallest absolute Gasteiger partial charge is 0.340 e. The van der Waals surface area contributed by atoms with Crippen LogP contribution in [0.5, 0.6) is 17.2 Å². The molecule has 414 valence electrons. The third-order valence-corrected chi connectivity index (χ3v) is 20.3. The van der Waals surface area contributed by atoms with Crippen molar-refractivity contribution in [2.24, 2.45) is 0 Å². The van der Waals surface area contributed by atoms with E-state index in [1.165, 1.54) is 100 Å². The molecule has 1 unspecified atom stereocenters. The zero-order valence-electron chi connectivity index (χ0n) is 47.4. The number of hydrogen-bond acceptors (Lipinski definition) is 10. The summed E-state index contributed by atoms with van der Waals surface area (Å²) in [5.74, 6) is 1.07. The topological polar surface area (TPSA) is 137 Å². The van der Waals surface area contributed by atoms with Crippen molar-refractivity contribution in [1.82, 2.24) is 9.13 Å². The minimum atomic E-state index is -2.69. The molecule has 0 aliphatic carbocycles. The van der Waals surface area contributed by atoms with Crippen molar-refractivity contribution < 1.29 is 38.0 Å². The first-order valence-electron chi connectivity index (χ1n) is 28.1. The zero-order valence-corrected chi connectivity index (χ0v) is 48.4. The maximum Gasteiger partial charge on any atom is 0.340 e. The van der Waals surface area contributed by atoms with Crippen LogP contribution in [0.3, 0.4) is 0 Å². The van der Waals surface area contributed by atoms with Crippen LogP contribution in [-0.2, 0) is 19.5 Å². The van der Waals surface area contributed by atoms with Crippen LogP contribution in [0.15, 0.2) is 113 Å². The fourth-order valence-electron chi connectivity index (χ4n) is 9.94. The lowest BCUT2D eigenvalue weighted by atomic mass is 9.80. The molecule has 1 aromatic heterocycles. The van der Waals surface area contributed by atoms with Crippen molar-refractivity contribution >= 4 is 14.2 Å². The number of nitrogens with zero attached hydrogens (tertiary/aromatic N) is 2. The average Bonchev–Trinajstić information content (AvgIpc) is 3.72. The van der Waals surface area contributed by atoms with Crippen molar-refractivity contribution in [3.8, 4) is 17.2 Å². The lowest BCUT2D eigenvalue weighted by Gasteiger charge is -2.40. The van der Waals surface area contributed by atoms with Gasteiger partial charge < -0.3 is 33.2 Å². The predicted octanol–water partition coefficient (Wildman–Crippen LogP) is 13.6. The number of aliphatic hydroxyl groups is 1. The number of unbranched alkanes of at least 4 members (excludes halogenated alkanes) is 15. The van der Waals surface area contributed by atoms with Crippen LogP contribution in [0.25, 0.3) is 0 Å². The Morgan fingerprint density at radius 2 is 1.18 bits per heavy atom. The normalized spacial score (nSPS) is 17.0. The Hall–Kier alpha value is -5.31. The van der Waals surface area contributed by atoms with Crippen LogP contribution < -0.4 is 25.5 Å². The number of rotatable bonds is 30. The van der Waals surface area contributed by atoms with E-state index in [-0.39, 0.29) is 17.2 Å². The van der Waals surface area contributed by atoms with Gasteiger partial charge in [0.1, 0.15) is 41.2 Å². The van der Waals surface area contributed by atoms with Crippen LogP contribution in [0, 0.1) is 13.8 Å². The predicted molar refractivity (Wildman–Crippen MR) is 306 cm³/mol. The molecule has 1 aliphatic heterocycles. The van der Waals surface area contributed by atoms with Crippen molar-refractivity contribution in [1.29, 1.82) is 0 Å². The molecule has 0 spiro atoms. The molecule has 76 heavy (non-hydrogen) atoms. The summed E-state index contributed by atoms with van der Waals surface area (Å²) in [6.07, 6.45) is 17.1. The molecule has 12 nitrogen and oxygen atoms in total. The van der Waals surface area contributed by atoms with E-state index in [9.17, 15) is 19.5 Å². The van der Waals surface area contributed by atoms with Gasteiger partial charge in [0.2, 0.25) is 0 Å². The third-order valence-electron chi connectivity index (χ3n) is 15.8. The molecule has 0 bridgehead atoms. The van der Waals surface area contributed by atoms with Crippen molar-refractivity contribution in [3.05, 3.63) is 157 Å². The number of carbonyl (C=O) groups is 1. The molecule has 0 amide bonds. The van der Waals surface area contributed by atoms with Crippen LogP contribution in [0.4, 0.5) is 0 Å². The van der Waals surface area contributed by atoms with Gasteiger partial charge in [-0.2, -0.15) is 4.57 Å². The molecule has 0 radical (unpaired) electrons. The molecule has 13 heteroatoms. The van der Waals surface area contributed by atoms with Crippen molar-refractivity contribution in [3.63, 3.8) is 0 Å². The largest absolute Gasteiger partial charge is 0.497 e. The highest BCUT2D eigenvalue weighted by Gasteiger charge is 2.52. The standard InChI is InChI=1S/C63H88N2O10Si/c1-11-12-13-14-15-16-17-18-19-20-21-22-23-24-25-29-42-72-54-44-48(43-46(2)47(54)3)59(68)65-56(66)40-41-64(61(65)69)60-58(75-76(9,10)62(4,5)6)57(67)55(74-60)45-73-63(49-30-27-26-28-31-49,50-32-36-52(70-7)37-33-50)51-34-38-53(71-8)39-35-51/h26-28,30-41,43-44,55,57-58,60,67H,11-25,29,42,45H2,1-10H3/t55-,57?,58+,60-/m1/s1. The van der Waals surface area contributed by atoms with E-state index in [1.807, 2.05) is 92.7 Å². The summed E-state index contributed by atoms with van der Waals surface area (Å²) in [4.78, 5) is 43.0. The van der Waals surface area contributed by atoms with Gasteiger partial charge in [0.15, 0.2) is 14.5 Å². The Labute approximate surface area is 454 Å². The second-order valence-corrected chi connectivity index (χ2v) is 27.0. The van der Waals surface area contributed by atoms with Gasteiger partial charge in [-0.3, -0.25) is 14.2 Å². The number of methoxy groups -OCH3 is 2. The molecule has 1 aliphatic rings. The zero-order chi connectivity index (χ0) is 54.9. The van der Waals surface area contributed by atoms with Gasteiger partial charge in [-0.15, -0.1) is 0 Å². The highest BCUT2D eigenvalue weighted by molar-refractivity contribution is 6.74. The summed E-state index contributed by atoms with van der Waals surface area (Å²) in [6, 6.07) is 29.5. The molecular weight excluding hydrogens is 973 g/mol. The van der Waals surface area contributed by atoms with E-state index in [2.05, 4.69) is 40.8 Å². The maximum atomic E-state index is 14.8. The van der Waals surface area contributed by atoms with E-state index in [4.69, 9.17) is 28.1 Å². The van der Waals surface area contributed by atoms with Gasteiger partial charge in [-0.25, -0.2) is 4.79 Å². The molecule has 1 fully saturated rings. The number of hydrogen-bond donors (Lipinski definition) is 1. The highest BCUT2D eigenvalue weighted by atomic mass is 28.4. The second kappa shape index (κ2) is 28.4. The fourth-order valence-corrected chi connectivity index (χ4v) is 11.2. The van der Waals surface area contributed by atoms with Gasteiger partial charge in [0.25, 0.3) is 11.5 Å². The number of aliphatic hydroxyl groups excluding tert-OH is 1. The Bertz CT molecular complexity index is 2650. The van der Waals surface area contributed by atoms with Gasteiger partial charge in [0, 0.05) is 17.8 Å². The summed E-state index contributed by atoms with van der Waals surface area (Å²) in [6.45, 7) is 16.8. The lowest BCUT2D eigenvalue weighted by Crippen LogP contribution is -2.51. The number of benzene rings is 4. The molecule has 4 atom stereocenters. The van der Waals surface area contributed by atoms with E-state index in [0.717, 1.165) is 47.1 Å². The van der Waals surface area contributed by atoms with Crippen LogP contribution in [0.2, 0.25) is 18.1 Å². The van der Waals surface area contributed by atoms with E-state index in [0.29, 0.717) is 28.4 Å². The third kappa shape index (κ3) is 15.0. The maximum absolute atomic E-state index is 14.8. The SMILES string of the molecule is CCCCCCCCCCCCCCCCCCOc1cc(C(=O)n2c(=O)ccn([C@@H]3O[C@H](COC(c4ccccc4)(c4ccc(OC)cc4)c4ccc(OC)cc4)C(O)[C@@H]3O[Si](C)(C)C(C)(C)C)c2=O)cc(C)c1C. The number of ether oxygens (including phenoxy) is 5. The summed E-state index contributed by atoms with van der Waals surface area (Å²) in [5, 5.41) is 12.2. The van der Waals surface area contributed by atoms with Crippen molar-refractivity contribution in [2.75, 3.05) is 27.4 Å². The Kier molecular flexibility index (Phi) is 22.4. The molecule has 6 rings (SSSR count). The Morgan fingerprint density at radius 3 is 1.68 bits per heavy atom. The van der Waals surface area contributed by atoms with Gasteiger partial charge in [0.05, 0.1) is 27.4 Å². The van der Waals surface area contributed by atoms with E-state index < -0.39 is 55.6 Å². The van der Waals surface area contributed by atoms with Crippen molar-refractivity contribution in [2.45, 2.75) is 193 Å². The Morgan fingerprint density at radius 1 is 0.684 bits per heavy atom. The fraction of sp³-hybridized carbons (Fsp3) is 0.540. The monoisotopic (exact) mass is 1060 g/mol. The first-order chi connectivity index (χ1) is 36.5. The van der Waals surface area contributed by atoms with Crippen LogP contribution in [0.1, 0.15) is 175 Å². The summed E-state index contributed by atoms with van der Waals surface area (Å²) < 4.78 is 40.1. The quantitative estimate of drug-likeness (QED) is 0.0269. The van der Waals surface area contributed by atoms with Gasteiger partial charge >= 0.3 is 5.69 Å². The first kappa shape index (κ1) is 59.9. The van der Waals surface area contributed by atoms with Gasteiger partial charge in [-0.05, 0) is 103 Å². The molecular formula is C63H88N2O10Si. The summed E-state index contributed by atoms with van der Waals surface area (Å²) in [7, 11) is 0.536. The van der Waals surface area contributed by atoms with E-state index >= 15 is 0 Å². The number of aromatic nitrogens is 2. The lowest BCUT2D eigenvalue weighted by molar-refractivity contribution is -0.0958. The highest BCUT2D eigenvalue weighted by Crippen LogP contribution is 2.45. The average molecular weight is 1060 g/mol.